The van der Waals surface area contributed by atoms with Gasteiger partial charge in [0.05, 0.1) is 28.2 Å². The number of nitrogens with zero attached hydrogens (tertiary/aromatic N) is 4. The van der Waals surface area contributed by atoms with Gasteiger partial charge in [-0.1, -0.05) is 36.4 Å². The number of anilines is 1. The minimum absolute atomic E-state index is 0.0821. The standard InChI is InChI=1S/C33H32N6O4/c1-21-34-20-29(35-21)23-11-13-25(14-12-23)36-32(31-27-19-26(39(42)43)15-16-28(27)37-33(31)41)24-9-7-22(8-10-24)5-4-18-38-17-3-2-6-30(38)40/h7-16,19-20,31H,2-6,17-18H2,1H3,(H,34,35)(H,37,41). The smallest absolute Gasteiger partial charge is 0.269 e. The van der Waals surface area contributed by atoms with Crippen molar-refractivity contribution in [3.8, 4) is 11.3 Å². The number of nitro groups is 1. The molecule has 0 aliphatic carbocycles. The first kappa shape index (κ1) is 28.0. The topological polar surface area (TPSA) is 134 Å². The van der Waals surface area contributed by atoms with Crippen LogP contribution >= 0.6 is 0 Å². The third-order valence-corrected chi connectivity index (χ3v) is 8.05. The lowest BCUT2D eigenvalue weighted by molar-refractivity contribution is -0.384. The second kappa shape index (κ2) is 12.0. The van der Waals surface area contributed by atoms with Crippen molar-refractivity contribution in [2.45, 2.75) is 44.9 Å². The molecule has 1 unspecified atom stereocenters. The van der Waals surface area contributed by atoms with Crippen molar-refractivity contribution in [3.63, 3.8) is 0 Å². The number of hydrogen-bond donors (Lipinski definition) is 2. The molecule has 1 atom stereocenters. The molecule has 6 rings (SSSR count). The van der Waals surface area contributed by atoms with Crippen LogP contribution in [0.5, 0.6) is 0 Å². The average molecular weight is 577 g/mol. The molecule has 0 spiro atoms. The number of aromatic amines is 1. The molecule has 2 aliphatic heterocycles. The second-order valence-electron chi connectivity index (χ2n) is 11.0. The van der Waals surface area contributed by atoms with Crippen LogP contribution in [0.2, 0.25) is 0 Å². The van der Waals surface area contributed by atoms with E-state index in [1.54, 1.807) is 12.3 Å². The number of aromatic nitrogens is 2. The van der Waals surface area contributed by atoms with Gasteiger partial charge in [-0.15, -0.1) is 0 Å². The molecule has 0 radical (unpaired) electrons. The number of amides is 2. The summed E-state index contributed by atoms with van der Waals surface area (Å²) in [6.07, 6.45) is 6.15. The van der Waals surface area contributed by atoms with E-state index in [2.05, 4.69) is 15.3 Å². The molecule has 1 saturated heterocycles. The Morgan fingerprint density at radius 3 is 2.56 bits per heavy atom. The quantitative estimate of drug-likeness (QED) is 0.141. The number of imidazole rings is 1. The molecule has 10 heteroatoms. The van der Waals surface area contributed by atoms with Gasteiger partial charge in [0.25, 0.3) is 5.69 Å². The summed E-state index contributed by atoms with van der Waals surface area (Å²) < 4.78 is 0. The molecule has 2 amide bonds. The number of non-ortho nitro benzene ring substituents is 1. The molecule has 0 saturated carbocycles. The highest BCUT2D eigenvalue weighted by Gasteiger charge is 2.36. The number of fused-ring (bicyclic) bond motifs is 1. The lowest BCUT2D eigenvalue weighted by atomic mass is 9.89. The maximum absolute atomic E-state index is 13.3. The lowest BCUT2D eigenvalue weighted by Gasteiger charge is -2.26. The van der Waals surface area contributed by atoms with Gasteiger partial charge in [0.2, 0.25) is 11.8 Å². The molecule has 3 heterocycles. The Morgan fingerprint density at radius 1 is 1.07 bits per heavy atom. The molecule has 1 aromatic heterocycles. The molecule has 10 nitrogen and oxygen atoms in total. The van der Waals surface area contributed by atoms with Crippen molar-refractivity contribution < 1.29 is 14.5 Å². The fourth-order valence-corrected chi connectivity index (χ4v) is 5.77. The van der Waals surface area contributed by atoms with Gasteiger partial charge in [-0.05, 0) is 67.5 Å². The number of H-pyrrole nitrogens is 1. The van der Waals surface area contributed by atoms with Gasteiger partial charge >= 0.3 is 0 Å². The van der Waals surface area contributed by atoms with Crippen LogP contribution in [0.25, 0.3) is 11.3 Å². The van der Waals surface area contributed by atoms with Crippen LogP contribution in [0.15, 0.2) is 77.9 Å². The summed E-state index contributed by atoms with van der Waals surface area (Å²) in [6.45, 7) is 3.48. The fraction of sp³-hybridized carbons (Fsp3) is 0.273. The highest BCUT2D eigenvalue weighted by molar-refractivity contribution is 6.24. The monoisotopic (exact) mass is 576 g/mol. The molecular weight excluding hydrogens is 544 g/mol. The number of carbonyl (C=O) groups is 2. The van der Waals surface area contributed by atoms with Crippen LogP contribution in [0.1, 0.15) is 54.1 Å². The number of nitro benzene ring substituents is 1. The molecule has 4 aromatic rings. The Bertz CT molecular complexity index is 1710. The Balaban J connectivity index is 1.30. The maximum atomic E-state index is 13.3. The summed E-state index contributed by atoms with van der Waals surface area (Å²) in [5, 5.41) is 14.4. The number of benzene rings is 3. The van der Waals surface area contributed by atoms with Crippen LogP contribution in [0.3, 0.4) is 0 Å². The maximum Gasteiger partial charge on any atom is 0.269 e. The summed E-state index contributed by atoms with van der Waals surface area (Å²) >= 11 is 0. The number of aliphatic imine (C=N–C) groups is 1. The SMILES string of the molecule is Cc1ncc(-c2ccc(N=C(c3ccc(CCCN4CCCCC4=O)cc3)C3C(=O)Nc4ccc([N+](=O)[O-])cc43)cc2)[nH]1. The van der Waals surface area contributed by atoms with Gasteiger partial charge in [-0.25, -0.2) is 4.98 Å². The van der Waals surface area contributed by atoms with Gasteiger partial charge in [0.1, 0.15) is 11.7 Å². The zero-order valence-corrected chi connectivity index (χ0v) is 23.9. The highest BCUT2D eigenvalue weighted by atomic mass is 16.6. The Morgan fingerprint density at radius 2 is 1.86 bits per heavy atom. The van der Waals surface area contributed by atoms with Crippen LogP contribution in [0.4, 0.5) is 17.1 Å². The third-order valence-electron chi connectivity index (χ3n) is 8.05. The molecule has 218 valence electrons. The van der Waals surface area contributed by atoms with Crippen molar-refractivity contribution in [3.05, 3.63) is 106 Å². The van der Waals surface area contributed by atoms with Gasteiger partial charge in [0, 0.05) is 42.9 Å². The molecule has 2 aliphatic rings. The van der Waals surface area contributed by atoms with Crippen LogP contribution in [-0.4, -0.2) is 50.4 Å². The van der Waals surface area contributed by atoms with E-state index in [1.807, 2.05) is 60.4 Å². The van der Waals surface area contributed by atoms with Crippen LogP contribution < -0.4 is 5.32 Å². The van der Waals surface area contributed by atoms with Crippen molar-refractivity contribution in [2.75, 3.05) is 18.4 Å². The summed E-state index contributed by atoms with van der Waals surface area (Å²) in [4.78, 5) is 51.0. The lowest BCUT2D eigenvalue weighted by Crippen LogP contribution is -2.36. The number of likely N-dealkylation sites (tertiary alicyclic amines) is 1. The number of rotatable bonds is 9. The summed E-state index contributed by atoms with van der Waals surface area (Å²) in [5.74, 6) is -0.0387. The highest BCUT2D eigenvalue weighted by Crippen LogP contribution is 2.38. The first-order valence-electron chi connectivity index (χ1n) is 14.5. The molecule has 0 bridgehead atoms. The largest absolute Gasteiger partial charge is 0.343 e. The zero-order valence-electron chi connectivity index (χ0n) is 23.9. The Hall–Kier alpha value is -5.12. The minimum atomic E-state index is -0.819. The second-order valence-corrected chi connectivity index (χ2v) is 11.0. The van der Waals surface area contributed by atoms with Crippen molar-refractivity contribution in [1.82, 2.24) is 14.9 Å². The summed E-state index contributed by atoms with van der Waals surface area (Å²) in [6, 6.07) is 20.0. The van der Waals surface area contributed by atoms with E-state index in [-0.39, 0.29) is 17.5 Å². The van der Waals surface area contributed by atoms with Crippen LogP contribution in [-0.2, 0) is 16.0 Å². The van der Waals surface area contributed by atoms with Crippen LogP contribution in [0, 0.1) is 17.0 Å². The van der Waals surface area contributed by atoms with Crippen molar-refractivity contribution in [1.29, 1.82) is 0 Å². The van der Waals surface area contributed by atoms with E-state index in [1.165, 1.54) is 12.1 Å². The number of nitrogens with one attached hydrogen (secondary N) is 2. The molecular formula is C33H32N6O4. The number of hydrogen-bond acceptors (Lipinski definition) is 6. The molecule has 1 fully saturated rings. The third kappa shape index (κ3) is 6.08. The van der Waals surface area contributed by atoms with Gasteiger partial charge < -0.3 is 15.2 Å². The normalized spacial score (nSPS) is 16.7. The van der Waals surface area contributed by atoms with E-state index in [0.717, 1.165) is 67.0 Å². The first-order chi connectivity index (χ1) is 20.9. The predicted octanol–water partition coefficient (Wildman–Crippen LogP) is 6.10. The Labute approximate surface area is 249 Å². The number of aryl methyl sites for hydroxylation is 2. The Kier molecular flexibility index (Phi) is 7.83. The van der Waals surface area contributed by atoms with Crippen molar-refractivity contribution in [2.24, 2.45) is 4.99 Å². The molecule has 3 aromatic carbocycles. The van der Waals surface area contributed by atoms with E-state index in [4.69, 9.17) is 4.99 Å². The summed E-state index contributed by atoms with van der Waals surface area (Å²) in [5.41, 5.74) is 5.87. The number of carbonyl (C=O) groups excluding carboxylic acids is 2. The van der Waals surface area contributed by atoms with Gasteiger partial charge in [0.15, 0.2) is 0 Å². The van der Waals surface area contributed by atoms with E-state index < -0.39 is 10.8 Å². The van der Waals surface area contributed by atoms with Crippen molar-refractivity contribution >= 4 is 34.6 Å². The predicted molar refractivity (Wildman–Crippen MR) is 165 cm³/mol. The first-order valence-corrected chi connectivity index (χ1v) is 14.5. The molecule has 43 heavy (non-hydrogen) atoms. The van der Waals surface area contributed by atoms with Gasteiger partial charge in [-0.2, -0.15) is 0 Å². The van der Waals surface area contributed by atoms with Gasteiger partial charge in [-0.3, -0.25) is 24.7 Å². The number of piperidine rings is 1. The fourth-order valence-electron chi connectivity index (χ4n) is 5.77. The zero-order chi connectivity index (χ0) is 29.9. The molecule has 2 N–H and O–H groups in total. The summed E-state index contributed by atoms with van der Waals surface area (Å²) in [7, 11) is 0. The van der Waals surface area contributed by atoms with E-state index in [9.17, 15) is 19.7 Å². The van der Waals surface area contributed by atoms with E-state index in [0.29, 0.717) is 29.1 Å². The minimum Gasteiger partial charge on any atom is -0.343 e. The average Bonchev–Trinajstić information content (AvgIpc) is 3.59. The van der Waals surface area contributed by atoms with E-state index >= 15 is 0 Å².